The van der Waals surface area contributed by atoms with Crippen LogP contribution in [0.2, 0.25) is 15.1 Å². The second kappa shape index (κ2) is 7.83. The van der Waals surface area contributed by atoms with Crippen molar-refractivity contribution in [3.05, 3.63) is 44.9 Å². The Bertz CT molecular complexity index is 732. The fraction of sp³-hybridized carbons (Fsp3) is 0.188. The summed E-state index contributed by atoms with van der Waals surface area (Å²) in [5.41, 5.74) is 0.549. The van der Waals surface area contributed by atoms with Crippen molar-refractivity contribution < 1.29 is 19.0 Å². The van der Waals surface area contributed by atoms with Crippen molar-refractivity contribution in [1.82, 2.24) is 0 Å². The summed E-state index contributed by atoms with van der Waals surface area (Å²) >= 11 is 18.0. The molecule has 0 radical (unpaired) electrons. The zero-order valence-electron chi connectivity index (χ0n) is 13.1. The average molecular weight is 391 g/mol. The molecule has 2 rings (SSSR count). The minimum atomic E-state index is -0.444. The Hall–Kier alpha value is -1.82. The van der Waals surface area contributed by atoms with Crippen molar-refractivity contribution in [3.8, 4) is 17.2 Å². The van der Waals surface area contributed by atoms with Gasteiger partial charge in [0.25, 0.3) is 5.91 Å². The molecule has 5 nitrogen and oxygen atoms in total. The molecule has 0 aromatic heterocycles. The lowest BCUT2D eigenvalue weighted by Crippen LogP contribution is -2.13. The van der Waals surface area contributed by atoms with Crippen molar-refractivity contribution in [2.75, 3.05) is 26.6 Å². The van der Waals surface area contributed by atoms with Gasteiger partial charge in [-0.15, -0.1) is 0 Å². The van der Waals surface area contributed by atoms with E-state index < -0.39 is 5.91 Å². The molecule has 0 saturated heterocycles. The first-order valence-electron chi connectivity index (χ1n) is 6.67. The zero-order valence-corrected chi connectivity index (χ0v) is 15.3. The molecule has 2 aromatic carbocycles. The van der Waals surface area contributed by atoms with Crippen molar-refractivity contribution in [2.24, 2.45) is 0 Å². The predicted molar refractivity (Wildman–Crippen MR) is 95.5 cm³/mol. The second-order valence-corrected chi connectivity index (χ2v) is 5.86. The van der Waals surface area contributed by atoms with E-state index in [1.54, 1.807) is 0 Å². The van der Waals surface area contributed by atoms with Crippen LogP contribution in [-0.4, -0.2) is 27.2 Å². The number of methoxy groups -OCH3 is 3. The van der Waals surface area contributed by atoms with Crippen molar-refractivity contribution in [1.29, 1.82) is 0 Å². The molecule has 0 aliphatic carbocycles. The molecule has 0 aliphatic rings. The maximum absolute atomic E-state index is 12.5. The number of nitrogens with one attached hydrogen (secondary N) is 1. The molecule has 0 unspecified atom stereocenters. The highest BCUT2D eigenvalue weighted by Crippen LogP contribution is 2.39. The Morgan fingerprint density at radius 2 is 1.38 bits per heavy atom. The summed E-state index contributed by atoms with van der Waals surface area (Å²) in [5, 5.41) is 3.48. The number of benzene rings is 2. The highest BCUT2D eigenvalue weighted by molar-refractivity contribution is 6.42. The van der Waals surface area contributed by atoms with Crippen LogP contribution in [0.15, 0.2) is 24.3 Å². The molecule has 1 N–H and O–H groups in total. The van der Waals surface area contributed by atoms with Crippen LogP contribution in [0.25, 0.3) is 0 Å². The van der Waals surface area contributed by atoms with Crippen LogP contribution in [0.1, 0.15) is 10.4 Å². The molecule has 128 valence electrons. The van der Waals surface area contributed by atoms with Crippen molar-refractivity contribution in [2.45, 2.75) is 0 Å². The van der Waals surface area contributed by atoms with E-state index in [2.05, 4.69) is 5.32 Å². The van der Waals surface area contributed by atoms with Crippen molar-refractivity contribution >= 4 is 46.4 Å². The molecule has 2 aromatic rings. The number of rotatable bonds is 5. The summed E-state index contributed by atoms with van der Waals surface area (Å²) in [5.74, 6) is 0.657. The van der Waals surface area contributed by atoms with E-state index >= 15 is 0 Å². The molecule has 0 heterocycles. The van der Waals surface area contributed by atoms with Crippen LogP contribution in [0.4, 0.5) is 5.69 Å². The average Bonchev–Trinajstić information content (AvgIpc) is 2.56. The minimum absolute atomic E-state index is 0.230. The fourth-order valence-electron chi connectivity index (χ4n) is 2.06. The third kappa shape index (κ3) is 3.80. The fourth-order valence-corrected chi connectivity index (χ4v) is 2.97. The van der Waals surface area contributed by atoms with E-state index in [9.17, 15) is 4.79 Å². The van der Waals surface area contributed by atoms with E-state index in [4.69, 9.17) is 49.0 Å². The molecule has 0 saturated carbocycles. The lowest BCUT2D eigenvalue weighted by Gasteiger charge is -2.15. The number of carbonyl (C=O) groups is 1. The highest BCUT2D eigenvalue weighted by Gasteiger charge is 2.18. The van der Waals surface area contributed by atoms with Gasteiger partial charge < -0.3 is 19.5 Å². The normalized spacial score (nSPS) is 10.2. The lowest BCUT2D eigenvalue weighted by atomic mass is 10.1. The maximum Gasteiger partial charge on any atom is 0.256 e. The number of amides is 1. The van der Waals surface area contributed by atoms with Gasteiger partial charge in [0.05, 0.1) is 37.1 Å². The van der Waals surface area contributed by atoms with Crippen LogP contribution in [0.5, 0.6) is 17.2 Å². The number of halogens is 3. The first kappa shape index (κ1) is 18.5. The Labute approximate surface area is 154 Å². The highest BCUT2D eigenvalue weighted by atomic mass is 35.5. The lowest BCUT2D eigenvalue weighted by molar-refractivity contribution is 0.102. The number of hydrogen-bond donors (Lipinski definition) is 1. The molecule has 24 heavy (non-hydrogen) atoms. The van der Waals surface area contributed by atoms with Crippen LogP contribution in [0.3, 0.4) is 0 Å². The number of carbonyl (C=O) groups excluding carboxylic acids is 1. The monoisotopic (exact) mass is 389 g/mol. The summed E-state index contributed by atoms with van der Waals surface area (Å²) < 4.78 is 15.7. The number of anilines is 1. The van der Waals surface area contributed by atoms with Gasteiger partial charge >= 0.3 is 0 Å². The van der Waals surface area contributed by atoms with Gasteiger partial charge in [-0.2, -0.15) is 0 Å². The van der Waals surface area contributed by atoms with Crippen molar-refractivity contribution in [3.63, 3.8) is 0 Å². The zero-order chi connectivity index (χ0) is 17.9. The van der Waals surface area contributed by atoms with E-state index in [1.807, 2.05) is 0 Å². The van der Waals surface area contributed by atoms with Crippen LogP contribution in [-0.2, 0) is 0 Å². The Kier molecular flexibility index (Phi) is 6.04. The molecule has 0 fully saturated rings. The largest absolute Gasteiger partial charge is 0.493 e. The van der Waals surface area contributed by atoms with E-state index in [-0.39, 0.29) is 21.3 Å². The molecule has 1 amide bonds. The van der Waals surface area contributed by atoms with Gasteiger partial charge in [0.2, 0.25) is 5.75 Å². The minimum Gasteiger partial charge on any atom is -0.493 e. The topological polar surface area (TPSA) is 56.8 Å². The standard InChI is InChI=1S/C16H14Cl3NO4/c1-22-12-4-8(5-13(23-2)15(12)24-3)16(21)20-14-10(18)6-9(17)7-11(14)19/h4-7H,1-3H3,(H,20,21). The van der Waals surface area contributed by atoms with Gasteiger partial charge in [0.1, 0.15) is 0 Å². The summed E-state index contributed by atoms with van der Waals surface area (Å²) in [6.45, 7) is 0. The molecule has 0 aliphatic heterocycles. The maximum atomic E-state index is 12.5. The molecular weight excluding hydrogens is 377 g/mol. The summed E-state index contributed by atoms with van der Waals surface area (Å²) in [6.07, 6.45) is 0. The summed E-state index contributed by atoms with van der Waals surface area (Å²) in [7, 11) is 4.41. The van der Waals surface area contributed by atoms with Crippen LogP contribution in [0, 0.1) is 0 Å². The van der Waals surface area contributed by atoms with Gasteiger partial charge in [-0.25, -0.2) is 0 Å². The quantitative estimate of drug-likeness (QED) is 0.787. The van der Waals surface area contributed by atoms with Gasteiger partial charge in [-0.1, -0.05) is 34.8 Å². The van der Waals surface area contributed by atoms with E-state index in [0.717, 1.165) is 0 Å². The summed E-state index contributed by atoms with van der Waals surface area (Å²) in [4.78, 5) is 12.5. The third-order valence-electron chi connectivity index (χ3n) is 3.17. The van der Waals surface area contributed by atoms with Crippen LogP contribution >= 0.6 is 34.8 Å². The first-order valence-corrected chi connectivity index (χ1v) is 7.80. The van der Waals surface area contributed by atoms with E-state index in [0.29, 0.717) is 22.3 Å². The molecule has 0 spiro atoms. The number of hydrogen-bond acceptors (Lipinski definition) is 4. The van der Waals surface area contributed by atoms with Gasteiger partial charge in [-0.05, 0) is 24.3 Å². The predicted octanol–water partition coefficient (Wildman–Crippen LogP) is 4.92. The Morgan fingerprint density at radius 3 is 1.79 bits per heavy atom. The van der Waals surface area contributed by atoms with Gasteiger partial charge in [0.15, 0.2) is 11.5 Å². The van der Waals surface area contributed by atoms with Gasteiger partial charge in [-0.3, -0.25) is 4.79 Å². The molecule has 8 heteroatoms. The van der Waals surface area contributed by atoms with Gasteiger partial charge in [0, 0.05) is 10.6 Å². The third-order valence-corrected chi connectivity index (χ3v) is 3.99. The second-order valence-electron chi connectivity index (χ2n) is 4.61. The Balaban J connectivity index is 2.40. The molecule has 0 atom stereocenters. The van der Waals surface area contributed by atoms with Crippen LogP contribution < -0.4 is 19.5 Å². The SMILES string of the molecule is COc1cc(C(=O)Nc2c(Cl)cc(Cl)cc2Cl)cc(OC)c1OC. The smallest absolute Gasteiger partial charge is 0.256 e. The summed E-state index contributed by atoms with van der Waals surface area (Å²) in [6, 6.07) is 6.02. The van der Waals surface area contributed by atoms with E-state index in [1.165, 1.54) is 45.6 Å². The molecule has 0 bridgehead atoms. The Morgan fingerprint density at radius 1 is 0.875 bits per heavy atom. The first-order chi connectivity index (χ1) is 11.4. The molecular formula is C16H14Cl3NO4. The number of ether oxygens (including phenoxy) is 3.